The van der Waals surface area contributed by atoms with Gasteiger partial charge in [0, 0.05) is 0 Å². The second kappa shape index (κ2) is 38.5. The van der Waals surface area contributed by atoms with Crippen molar-refractivity contribution in [3.8, 4) is 0 Å². The molecule has 0 spiro atoms. The van der Waals surface area contributed by atoms with E-state index in [1.165, 1.54) is 0 Å². The monoisotopic (exact) mass is 366 g/mol. The molecule has 0 unspecified atom stereocenters. The number of halogens is 4. The van der Waals surface area contributed by atoms with Gasteiger partial charge in [0.2, 0.25) is 0 Å². The Bertz CT molecular complexity index is 41.5. The number of aliphatic hydroxyl groups is 2. The summed E-state index contributed by atoms with van der Waals surface area (Å²) in [5.41, 5.74) is 0. The van der Waals surface area contributed by atoms with E-state index in [2.05, 4.69) is 4.74 Å². The van der Waals surface area contributed by atoms with E-state index in [1.807, 2.05) is 0 Å². The summed E-state index contributed by atoms with van der Waals surface area (Å²) in [6, 6.07) is 0. The van der Waals surface area contributed by atoms with Gasteiger partial charge in [-0.25, -0.2) is 0 Å². The van der Waals surface area contributed by atoms with Crippen molar-refractivity contribution in [2.24, 2.45) is 0 Å². The average molecular weight is 367 g/mol. The van der Waals surface area contributed by atoms with Crippen LogP contribution in [0.2, 0.25) is 0 Å². The van der Waals surface area contributed by atoms with Gasteiger partial charge in [0.25, 0.3) is 0 Å². The van der Waals surface area contributed by atoms with Crippen molar-refractivity contribution in [2.75, 3.05) is 26.4 Å². The van der Waals surface area contributed by atoms with E-state index in [0.29, 0.717) is 13.2 Å². The van der Waals surface area contributed by atoms with Crippen molar-refractivity contribution < 1.29 is 64.6 Å². The summed E-state index contributed by atoms with van der Waals surface area (Å²) >= 11 is 0. The Balaban J connectivity index is -0.0000000180. The minimum atomic E-state index is 0. The van der Waals surface area contributed by atoms with Gasteiger partial charge in [-0.3, -0.25) is 0 Å². The molecule has 12 heavy (non-hydrogen) atoms. The molecule has 0 aromatic carbocycles. The largest absolute Gasteiger partial charge is 4.00 e. The first-order valence-electron chi connectivity index (χ1n) is 2.21. The van der Waals surface area contributed by atoms with Gasteiger partial charge in [-0.1, -0.05) is 0 Å². The number of rotatable bonds is 4. The number of hydrogen-bond acceptors (Lipinski definition) is 3. The van der Waals surface area contributed by atoms with Crippen molar-refractivity contribution in [3.63, 3.8) is 0 Å². The zero-order valence-electron chi connectivity index (χ0n) is 6.14. The van der Waals surface area contributed by atoms with E-state index in [-0.39, 0.29) is 86.7 Å². The molecule has 0 aliphatic heterocycles. The van der Waals surface area contributed by atoms with Crippen LogP contribution in [0.5, 0.6) is 0 Å². The first kappa shape index (κ1) is 37.1. The third-order valence-electron chi connectivity index (χ3n) is 0.471. The summed E-state index contributed by atoms with van der Waals surface area (Å²) in [5.74, 6) is 0. The SMILES string of the molecule is OCCOCCO.[Cl-].[Cl-].[Cl-].[Cl-].[Sn+4]. The molecule has 8 heteroatoms. The van der Waals surface area contributed by atoms with Crippen LogP contribution in [0.1, 0.15) is 0 Å². The van der Waals surface area contributed by atoms with Gasteiger partial charge in [0.05, 0.1) is 26.4 Å². The van der Waals surface area contributed by atoms with E-state index in [0.717, 1.165) is 0 Å². The maximum absolute atomic E-state index is 8.09. The standard InChI is InChI=1S/C4H10O3.4ClH.Sn/c5-1-3-7-4-2-6;;;;;/h5-6H,1-4H2;4*1H;/q;;;;;+4/p-4. The van der Waals surface area contributed by atoms with Crippen molar-refractivity contribution in [2.45, 2.75) is 0 Å². The molecule has 0 aromatic rings. The van der Waals surface area contributed by atoms with Crippen molar-refractivity contribution in [3.05, 3.63) is 0 Å². The van der Waals surface area contributed by atoms with Crippen LogP contribution in [0.15, 0.2) is 0 Å². The van der Waals surface area contributed by atoms with Crippen LogP contribution in [-0.2, 0) is 4.74 Å². The Hall–Kier alpha value is 1.84. The molecule has 0 saturated heterocycles. The Kier molecular flexibility index (Phi) is 119. The van der Waals surface area contributed by atoms with Crippen molar-refractivity contribution in [1.82, 2.24) is 0 Å². The van der Waals surface area contributed by atoms with Crippen LogP contribution >= 0.6 is 0 Å². The van der Waals surface area contributed by atoms with Crippen LogP contribution in [0, 0.1) is 0 Å². The van der Waals surface area contributed by atoms with Crippen molar-refractivity contribution >= 4 is 23.9 Å². The van der Waals surface area contributed by atoms with Gasteiger partial charge in [-0.2, -0.15) is 0 Å². The Labute approximate surface area is 114 Å². The van der Waals surface area contributed by atoms with Gasteiger partial charge in [0.15, 0.2) is 0 Å². The van der Waals surface area contributed by atoms with Gasteiger partial charge in [-0.05, 0) is 0 Å². The van der Waals surface area contributed by atoms with Gasteiger partial charge in [-0.15, -0.1) is 0 Å². The topological polar surface area (TPSA) is 49.7 Å². The van der Waals surface area contributed by atoms with E-state index in [1.54, 1.807) is 0 Å². The smallest absolute Gasteiger partial charge is 1.00 e. The Morgan fingerprint density at radius 1 is 0.750 bits per heavy atom. The van der Waals surface area contributed by atoms with Crippen LogP contribution in [-0.4, -0.2) is 60.5 Å². The minimum absolute atomic E-state index is 0. The van der Waals surface area contributed by atoms with Crippen LogP contribution in [0.4, 0.5) is 0 Å². The molecule has 0 radical (unpaired) electrons. The molecule has 0 aliphatic rings. The predicted octanol–water partition coefficient (Wildman–Crippen LogP) is -13.4. The molecule has 2 N–H and O–H groups in total. The van der Waals surface area contributed by atoms with Gasteiger partial charge in [0.1, 0.15) is 0 Å². The molecule has 0 fully saturated rings. The summed E-state index contributed by atoms with van der Waals surface area (Å²) in [4.78, 5) is 0. The Morgan fingerprint density at radius 3 is 1.17 bits per heavy atom. The van der Waals surface area contributed by atoms with Crippen LogP contribution in [0.3, 0.4) is 0 Å². The molecule has 3 nitrogen and oxygen atoms in total. The Morgan fingerprint density at radius 2 is 1.00 bits per heavy atom. The predicted molar refractivity (Wildman–Crippen MR) is 30.7 cm³/mol. The van der Waals surface area contributed by atoms with E-state index in [4.69, 9.17) is 10.2 Å². The first-order valence-corrected chi connectivity index (χ1v) is 2.21. The molecule has 0 rings (SSSR count). The molecule has 0 heterocycles. The molecule has 0 atom stereocenters. The second-order valence-corrected chi connectivity index (χ2v) is 1.06. The van der Waals surface area contributed by atoms with Crippen LogP contribution < -0.4 is 49.6 Å². The summed E-state index contributed by atoms with van der Waals surface area (Å²) in [6.07, 6.45) is 0. The molecular formula is C4H10Cl4O3Sn. The first-order chi connectivity index (χ1) is 3.41. The normalized spacial score (nSPS) is 5.50. The fourth-order valence-electron chi connectivity index (χ4n) is 0.231. The average Bonchev–Trinajstić information content (AvgIpc) is 1.69. The minimum Gasteiger partial charge on any atom is -1.00 e. The fourth-order valence-corrected chi connectivity index (χ4v) is 0.231. The molecule has 0 saturated carbocycles. The van der Waals surface area contributed by atoms with Gasteiger partial charge >= 0.3 is 23.9 Å². The maximum Gasteiger partial charge on any atom is 4.00 e. The zero-order chi connectivity index (χ0) is 5.54. The summed E-state index contributed by atoms with van der Waals surface area (Å²) < 4.78 is 4.63. The number of aliphatic hydroxyl groups excluding tert-OH is 2. The fraction of sp³-hybridized carbons (Fsp3) is 1.00. The molecular weight excluding hydrogens is 357 g/mol. The van der Waals surface area contributed by atoms with Crippen LogP contribution in [0.25, 0.3) is 0 Å². The molecule has 76 valence electrons. The van der Waals surface area contributed by atoms with E-state index < -0.39 is 0 Å². The second-order valence-electron chi connectivity index (χ2n) is 1.06. The molecule has 0 amide bonds. The quantitative estimate of drug-likeness (QED) is 0.384. The third kappa shape index (κ3) is 40.8. The third-order valence-corrected chi connectivity index (χ3v) is 0.471. The number of ether oxygens (including phenoxy) is 1. The summed E-state index contributed by atoms with van der Waals surface area (Å²) in [7, 11) is 0. The zero-order valence-corrected chi connectivity index (χ0v) is 12.0. The van der Waals surface area contributed by atoms with E-state index >= 15 is 0 Å². The summed E-state index contributed by atoms with van der Waals surface area (Å²) in [5, 5.41) is 16.2. The molecule has 0 bridgehead atoms. The van der Waals surface area contributed by atoms with E-state index in [9.17, 15) is 0 Å². The molecule has 0 aliphatic carbocycles. The molecule has 0 aromatic heterocycles. The van der Waals surface area contributed by atoms with Gasteiger partial charge < -0.3 is 64.6 Å². The van der Waals surface area contributed by atoms with Crippen molar-refractivity contribution in [1.29, 1.82) is 0 Å². The maximum atomic E-state index is 8.09. The summed E-state index contributed by atoms with van der Waals surface area (Å²) in [6.45, 7) is 0.696. The number of hydrogen-bond donors (Lipinski definition) is 2.